The SMILES string of the molecule is COC(=O)Nc1ccc2c(c1)N[C@@H](C(=O)OC(C)(C)C)CCCC[C@H](NC(=O)/C=C/c1cc(Cl)ccc1-n1cnnn1)c1nc(C#N)c-2[nH]1. The smallest absolute Gasteiger partial charge is 0.411 e. The van der Waals surface area contributed by atoms with E-state index in [1.54, 1.807) is 63.2 Å². The number of benzene rings is 2. The van der Waals surface area contributed by atoms with Gasteiger partial charge >= 0.3 is 12.1 Å². The van der Waals surface area contributed by atoms with E-state index in [1.165, 1.54) is 24.2 Å². The Morgan fingerprint density at radius 1 is 1.14 bits per heavy atom. The summed E-state index contributed by atoms with van der Waals surface area (Å²) in [5.41, 5.74) is 2.31. The maximum Gasteiger partial charge on any atom is 0.411 e. The topological polar surface area (TPSA) is 202 Å². The number of nitrogens with zero attached hydrogens (tertiary/aromatic N) is 6. The third-order valence-corrected chi connectivity index (χ3v) is 7.69. The van der Waals surface area contributed by atoms with Crippen molar-refractivity contribution in [3.05, 3.63) is 70.9 Å². The lowest BCUT2D eigenvalue weighted by atomic mass is 10.0. The molecule has 2 amide bonds. The van der Waals surface area contributed by atoms with Crippen LogP contribution in [0.15, 0.2) is 48.8 Å². The lowest BCUT2D eigenvalue weighted by Crippen LogP contribution is -2.37. The molecule has 0 fully saturated rings. The summed E-state index contributed by atoms with van der Waals surface area (Å²) in [6, 6.07) is 10.9. The molecule has 15 nitrogen and oxygen atoms in total. The van der Waals surface area contributed by atoms with Crippen molar-refractivity contribution in [2.75, 3.05) is 17.7 Å². The first kappa shape index (κ1) is 34.6. The molecule has 1 aliphatic rings. The lowest BCUT2D eigenvalue weighted by Gasteiger charge is -2.26. The first-order valence-electron chi connectivity index (χ1n) is 15.4. The number of aromatic nitrogens is 6. The van der Waals surface area contributed by atoms with Crippen LogP contribution in [0.5, 0.6) is 0 Å². The summed E-state index contributed by atoms with van der Waals surface area (Å²) in [6.07, 6.45) is 5.79. The molecule has 5 rings (SSSR count). The standard InChI is InChI=1S/C33H35ClN10O5/c1-33(2,3)49-31(46)24-8-6-5-7-23(39-28(45)14-9-19-15-20(34)10-13-27(19)44-18-36-42-43-44)30-40-26(17-35)29(41-30)22-12-11-21(16-25(22)38-24)37-32(47)48-4/h9-16,18,23-24,38H,5-8H2,1-4H3,(H,37,47)(H,39,45)(H,40,41)/b14-9+/t23-,24+/m0/s1. The zero-order valence-corrected chi connectivity index (χ0v) is 28.0. The van der Waals surface area contributed by atoms with Crippen molar-refractivity contribution in [2.24, 2.45) is 0 Å². The summed E-state index contributed by atoms with van der Waals surface area (Å²) in [5.74, 6) is -0.481. The molecule has 0 saturated carbocycles. The molecule has 0 aliphatic carbocycles. The summed E-state index contributed by atoms with van der Waals surface area (Å²) in [4.78, 5) is 46.5. The molecule has 0 radical (unpaired) electrons. The molecular weight excluding hydrogens is 652 g/mol. The number of amides is 2. The number of aromatic amines is 1. The monoisotopic (exact) mass is 686 g/mol. The van der Waals surface area contributed by atoms with Crippen molar-refractivity contribution in [3.8, 4) is 23.0 Å². The van der Waals surface area contributed by atoms with Gasteiger partial charge < -0.3 is 25.1 Å². The Bertz CT molecular complexity index is 1910. The molecule has 0 unspecified atom stereocenters. The molecule has 4 aromatic rings. The van der Waals surface area contributed by atoms with E-state index in [4.69, 9.17) is 21.1 Å². The average Bonchev–Trinajstić information content (AvgIpc) is 3.74. The number of carbonyl (C=O) groups is 3. The van der Waals surface area contributed by atoms with Gasteiger partial charge in [-0.3, -0.25) is 10.1 Å². The Balaban J connectivity index is 1.49. The largest absolute Gasteiger partial charge is 0.458 e. The van der Waals surface area contributed by atoms with E-state index in [0.29, 0.717) is 70.4 Å². The van der Waals surface area contributed by atoms with Crippen molar-refractivity contribution < 1.29 is 23.9 Å². The third kappa shape index (κ3) is 8.79. The van der Waals surface area contributed by atoms with E-state index in [1.807, 2.05) is 0 Å². The Morgan fingerprint density at radius 2 is 1.94 bits per heavy atom. The minimum absolute atomic E-state index is 0.0830. The molecule has 4 N–H and O–H groups in total. The number of fused-ring (bicyclic) bond motifs is 4. The normalized spacial score (nSPS) is 16.2. The van der Waals surface area contributed by atoms with E-state index in [-0.39, 0.29) is 5.69 Å². The van der Waals surface area contributed by atoms with Crippen molar-refractivity contribution >= 4 is 47.0 Å². The van der Waals surface area contributed by atoms with Gasteiger partial charge in [0.05, 0.1) is 24.5 Å². The number of esters is 1. The van der Waals surface area contributed by atoms with Crippen molar-refractivity contribution in [1.29, 1.82) is 5.26 Å². The molecule has 2 bridgehead atoms. The van der Waals surface area contributed by atoms with Gasteiger partial charge in [-0.2, -0.15) is 9.94 Å². The quantitative estimate of drug-likeness (QED) is 0.151. The number of nitriles is 1. The second-order valence-corrected chi connectivity index (χ2v) is 12.6. The highest BCUT2D eigenvalue weighted by atomic mass is 35.5. The number of halogens is 1. The zero-order valence-electron chi connectivity index (χ0n) is 27.3. The van der Waals surface area contributed by atoms with Crippen LogP contribution >= 0.6 is 11.6 Å². The van der Waals surface area contributed by atoms with Crippen LogP contribution in [-0.4, -0.2) is 66.9 Å². The Morgan fingerprint density at radius 3 is 2.65 bits per heavy atom. The number of tetrazole rings is 1. The predicted octanol–water partition coefficient (Wildman–Crippen LogP) is 5.32. The molecule has 16 heteroatoms. The molecule has 1 aliphatic heterocycles. The fourth-order valence-electron chi connectivity index (χ4n) is 5.27. The molecule has 3 heterocycles. The molecular formula is C33H35ClN10O5. The maximum absolute atomic E-state index is 13.4. The van der Waals surface area contributed by atoms with Gasteiger partial charge in [0, 0.05) is 33.6 Å². The highest BCUT2D eigenvalue weighted by Gasteiger charge is 2.29. The Hall–Kier alpha value is -5.75. The third-order valence-electron chi connectivity index (χ3n) is 7.45. The Kier molecular flexibility index (Phi) is 10.6. The van der Waals surface area contributed by atoms with Gasteiger partial charge in [0.2, 0.25) is 5.91 Å². The van der Waals surface area contributed by atoms with Gasteiger partial charge in [0.15, 0.2) is 5.69 Å². The number of ether oxygens (including phenoxy) is 2. The maximum atomic E-state index is 13.4. The second-order valence-electron chi connectivity index (χ2n) is 12.2. The molecule has 2 atom stereocenters. The second kappa shape index (κ2) is 15.0. The predicted molar refractivity (Wildman–Crippen MR) is 181 cm³/mol. The van der Waals surface area contributed by atoms with Gasteiger partial charge in [-0.1, -0.05) is 24.4 Å². The Labute approximate surface area is 287 Å². The number of H-pyrrole nitrogens is 1. The first-order valence-corrected chi connectivity index (χ1v) is 15.8. The minimum atomic E-state index is -0.762. The average molecular weight is 687 g/mol. The van der Waals surface area contributed by atoms with Crippen LogP contribution in [-0.2, 0) is 19.1 Å². The molecule has 254 valence electrons. The zero-order chi connectivity index (χ0) is 35.1. The number of nitrogens with one attached hydrogen (secondary N) is 4. The van der Waals surface area contributed by atoms with E-state index in [0.717, 1.165) is 0 Å². The lowest BCUT2D eigenvalue weighted by molar-refractivity contribution is -0.156. The minimum Gasteiger partial charge on any atom is -0.458 e. The van der Waals surface area contributed by atoms with Crippen LogP contribution in [0.4, 0.5) is 16.2 Å². The molecule has 49 heavy (non-hydrogen) atoms. The van der Waals surface area contributed by atoms with Crippen LogP contribution in [0.1, 0.15) is 69.6 Å². The van der Waals surface area contributed by atoms with Crippen LogP contribution in [0.25, 0.3) is 23.0 Å². The van der Waals surface area contributed by atoms with Crippen LogP contribution in [0.2, 0.25) is 5.02 Å². The molecule has 2 aromatic heterocycles. The van der Waals surface area contributed by atoms with Crippen LogP contribution < -0.4 is 16.0 Å². The van der Waals surface area contributed by atoms with E-state index in [9.17, 15) is 19.6 Å². The molecule has 0 saturated heterocycles. The summed E-state index contributed by atoms with van der Waals surface area (Å²) >= 11 is 6.23. The van der Waals surface area contributed by atoms with E-state index < -0.39 is 35.7 Å². The highest BCUT2D eigenvalue weighted by Crippen LogP contribution is 2.35. The number of anilines is 2. The highest BCUT2D eigenvalue weighted by molar-refractivity contribution is 6.30. The van der Waals surface area contributed by atoms with Gasteiger partial charge in [0.25, 0.3) is 0 Å². The van der Waals surface area contributed by atoms with Crippen LogP contribution in [0.3, 0.4) is 0 Å². The van der Waals surface area contributed by atoms with Gasteiger partial charge in [-0.25, -0.2) is 14.6 Å². The summed E-state index contributed by atoms with van der Waals surface area (Å²) in [5, 5.41) is 30.8. The number of carbonyl (C=O) groups excluding carboxylic acids is 3. The van der Waals surface area contributed by atoms with E-state index in [2.05, 4.69) is 47.5 Å². The number of hydrogen-bond acceptors (Lipinski definition) is 11. The number of methoxy groups -OCH3 is 1. The summed E-state index contributed by atoms with van der Waals surface area (Å²) < 4.78 is 11.9. The van der Waals surface area contributed by atoms with E-state index >= 15 is 0 Å². The van der Waals surface area contributed by atoms with Gasteiger partial charge in [0.1, 0.15) is 29.9 Å². The van der Waals surface area contributed by atoms with Gasteiger partial charge in [-0.05, 0) is 86.5 Å². The molecule has 2 aromatic carbocycles. The number of hydrogen-bond donors (Lipinski definition) is 4. The molecule has 0 spiro atoms. The number of rotatable bonds is 6. The van der Waals surface area contributed by atoms with Crippen molar-refractivity contribution in [1.82, 2.24) is 35.5 Å². The van der Waals surface area contributed by atoms with Gasteiger partial charge in [-0.15, -0.1) is 5.10 Å². The first-order chi connectivity index (χ1) is 23.4. The van der Waals surface area contributed by atoms with Crippen LogP contribution in [0, 0.1) is 11.3 Å². The fraction of sp³-hybridized carbons (Fsp3) is 0.333. The fourth-order valence-corrected chi connectivity index (χ4v) is 5.45. The number of imidazole rings is 1. The van der Waals surface area contributed by atoms with Crippen molar-refractivity contribution in [3.63, 3.8) is 0 Å². The van der Waals surface area contributed by atoms with Crippen molar-refractivity contribution in [2.45, 2.75) is 64.1 Å². The summed E-state index contributed by atoms with van der Waals surface area (Å²) in [7, 11) is 1.25. The summed E-state index contributed by atoms with van der Waals surface area (Å²) in [6.45, 7) is 5.37.